The number of ether oxygens (including phenoxy) is 4. The Hall–Kier alpha value is -4.98. The van der Waals surface area contributed by atoms with E-state index in [-0.39, 0.29) is 12.1 Å². The number of benzene rings is 2. The molecule has 1 amide bonds. The summed E-state index contributed by atoms with van der Waals surface area (Å²) in [6.45, 7) is 2.58. The second-order valence-electron chi connectivity index (χ2n) is 11.7. The first-order valence-corrected chi connectivity index (χ1v) is 16.0. The van der Waals surface area contributed by atoms with Crippen molar-refractivity contribution in [1.82, 2.24) is 24.9 Å². The van der Waals surface area contributed by atoms with Crippen LogP contribution in [0.15, 0.2) is 67.0 Å². The predicted octanol–water partition coefficient (Wildman–Crippen LogP) is 5.48. The summed E-state index contributed by atoms with van der Waals surface area (Å²) in [6, 6.07) is 16.6. The van der Waals surface area contributed by atoms with Gasteiger partial charge in [0.15, 0.2) is 29.2 Å². The van der Waals surface area contributed by atoms with Gasteiger partial charge in [0, 0.05) is 30.3 Å². The summed E-state index contributed by atoms with van der Waals surface area (Å²) in [4.78, 5) is 24.6. The van der Waals surface area contributed by atoms with Crippen LogP contribution in [-0.2, 0) is 16.0 Å². The van der Waals surface area contributed by atoms with Crippen molar-refractivity contribution in [1.29, 1.82) is 0 Å². The number of hydrogen-bond acceptors (Lipinski definition) is 10. The number of carbonyl (C=O) groups excluding carboxylic acids is 1. The van der Waals surface area contributed by atoms with Gasteiger partial charge in [0.05, 0.1) is 55.5 Å². The fraction of sp³-hybridized carbons (Fsp3) is 0.294. The minimum atomic E-state index is -1.05. The van der Waals surface area contributed by atoms with Crippen molar-refractivity contribution in [2.75, 3.05) is 43.7 Å². The molecule has 12 nitrogen and oxygen atoms in total. The van der Waals surface area contributed by atoms with Crippen LogP contribution in [0.5, 0.6) is 11.5 Å². The Morgan fingerprint density at radius 1 is 1.06 bits per heavy atom. The van der Waals surface area contributed by atoms with E-state index in [2.05, 4.69) is 25.5 Å². The first kappa shape index (κ1) is 30.4. The van der Waals surface area contributed by atoms with Gasteiger partial charge < -0.3 is 34.5 Å². The average Bonchev–Trinajstić information content (AvgIpc) is 3.46. The van der Waals surface area contributed by atoms with Gasteiger partial charge in [0.25, 0.3) is 5.91 Å². The van der Waals surface area contributed by atoms with Crippen LogP contribution in [0.3, 0.4) is 0 Å². The zero-order valence-electron chi connectivity index (χ0n) is 25.9. The van der Waals surface area contributed by atoms with Gasteiger partial charge in [-0.15, -0.1) is 5.10 Å². The molecule has 5 heterocycles. The van der Waals surface area contributed by atoms with Gasteiger partial charge in [-0.05, 0) is 29.8 Å². The van der Waals surface area contributed by atoms with Crippen LogP contribution in [-0.4, -0.2) is 71.2 Å². The topological polar surface area (TPSA) is 124 Å². The van der Waals surface area contributed by atoms with Crippen LogP contribution in [0, 0.1) is 0 Å². The Kier molecular flexibility index (Phi) is 7.95. The molecule has 8 rings (SSSR count). The maximum atomic E-state index is 13.7. The fourth-order valence-corrected chi connectivity index (χ4v) is 6.14. The Morgan fingerprint density at radius 3 is 2.60 bits per heavy atom. The standard InChI is InChI=1S/C34H31ClFN7O5/c1-45-21-8-5-19(6-9-21)18-42-11-12-46-30-29(42)32-38-17-27(33(44)40-26-15-23(26)36)43(32)41-31(30)39-25-4-2-3-22(28(25)35)24-10-7-20(16-37-24)34-47-13-14-48-34/h2-10,16-17,23,26,34H,11-15,18H2,1H3,(H,39,41)(H,40,44)/t23-,26+/m0/s1. The number of carbonyl (C=O) groups is 1. The van der Waals surface area contributed by atoms with Crippen molar-refractivity contribution in [3.05, 3.63) is 88.8 Å². The Bertz CT molecular complexity index is 1990. The van der Waals surface area contributed by atoms with Gasteiger partial charge in [-0.1, -0.05) is 41.9 Å². The Balaban J connectivity index is 1.17. The summed E-state index contributed by atoms with van der Waals surface area (Å²) in [6.07, 6.45) is 1.98. The lowest BCUT2D eigenvalue weighted by Gasteiger charge is -2.32. The molecule has 48 heavy (non-hydrogen) atoms. The van der Waals surface area contributed by atoms with Crippen LogP contribution in [0.4, 0.5) is 21.6 Å². The largest absolute Gasteiger partial charge is 0.497 e. The number of methoxy groups -OCH3 is 1. The van der Waals surface area contributed by atoms with E-state index in [1.165, 1.54) is 10.7 Å². The lowest BCUT2D eigenvalue weighted by Crippen LogP contribution is -2.34. The number of halogens is 2. The molecule has 1 saturated heterocycles. The smallest absolute Gasteiger partial charge is 0.271 e. The molecule has 0 bridgehead atoms. The van der Waals surface area contributed by atoms with Crippen molar-refractivity contribution in [2.45, 2.75) is 31.5 Å². The second-order valence-corrected chi connectivity index (χ2v) is 12.1. The molecule has 2 atom stereocenters. The van der Waals surface area contributed by atoms with Crippen molar-refractivity contribution in [3.63, 3.8) is 0 Å². The number of hydrogen-bond donors (Lipinski definition) is 2. The molecular weight excluding hydrogens is 641 g/mol. The van der Waals surface area contributed by atoms with Gasteiger partial charge >= 0.3 is 0 Å². The molecule has 2 aliphatic heterocycles. The summed E-state index contributed by atoms with van der Waals surface area (Å²) in [5, 5.41) is 11.3. The number of rotatable bonds is 9. The summed E-state index contributed by atoms with van der Waals surface area (Å²) in [5.74, 6) is 1.09. The third-order valence-corrected chi connectivity index (χ3v) is 8.91. The van der Waals surface area contributed by atoms with E-state index in [4.69, 9.17) is 35.6 Å². The minimum absolute atomic E-state index is 0.171. The molecule has 3 aromatic heterocycles. The van der Waals surface area contributed by atoms with Gasteiger partial charge in [-0.3, -0.25) is 9.78 Å². The Morgan fingerprint density at radius 2 is 1.88 bits per heavy atom. The number of anilines is 3. The van der Waals surface area contributed by atoms with Gasteiger partial charge in [0.2, 0.25) is 0 Å². The maximum Gasteiger partial charge on any atom is 0.271 e. The van der Waals surface area contributed by atoms with Crippen LogP contribution >= 0.6 is 11.6 Å². The Labute approximate surface area is 279 Å². The van der Waals surface area contributed by atoms with Crippen molar-refractivity contribution < 1.29 is 28.1 Å². The summed E-state index contributed by atoms with van der Waals surface area (Å²) >= 11 is 7.00. The lowest BCUT2D eigenvalue weighted by molar-refractivity contribution is -0.0443. The third kappa shape index (κ3) is 5.74. The average molecular weight is 672 g/mol. The van der Waals surface area contributed by atoms with E-state index in [1.807, 2.05) is 54.6 Å². The van der Waals surface area contributed by atoms with E-state index in [9.17, 15) is 9.18 Å². The maximum absolute atomic E-state index is 13.7. The van der Waals surface area contributed by atoms with Gasteiger partial charge in [-0.2, -0.15) is 0 Å². The molecule has 2 N–H and O–H groups in total. The second kappa shape index (κ2) is 12.6. The van der Waals surface area contributed by atoms with Crippen LogP contribution in [0.1, 0.15) is 34.3 Å². The van der Waals surface area contributed by atoms with E-state index in [0.717, 1.165) is 16.9 Å². The number of alkyl halides is 1. The lowest BCUT2D eigenvalue weighted by atomic mass is 10.1. The number of fused-ring (bicyclic) bond motifs is 3. The number of nitrogens with one attached hydrogen (secondary N) is 2. The molecule has 0 radical (unpaired) electrons. The highest BCUT2D eigenvalue weighted by molar-refractivity contribution is 6.36. The monoisotopic (exact) mass is 671 g/mol. The van der Waals surface area contributed by atoms with E-state index in [1.54, 1.807) is 13.3 Å². The number of nitrogens with zero attached hydrogens (tertiary/aromatic N) is 5. The zero-order valence-corrected chi connectivity index (χ0v) is 26.6. The highest BCUT2D eigenvalue weighted by atomic mass is 35.5. The summed E-state index contributed by atoms with van der Waals surface area (Å²) in [7, 11) is 1.63. The highest BCUT2D eigenvalue weighted by Crippen LogP contribution is 2.44. The van der Waals surface area contributed by atoms with E-state index >= 15 is 0 Å². The van der Waals surface area contributed by atoms with Gasteiger partial charge in [0.1, 0.15) is 24.2 Å². The predicted molar refractivity (Wildman–Crippen MR) is 176 cm³/mol. The normalized spacial score (nSPS) is 18.8. The molecule has 0 spiro atoms. The van der Waals surface area contributed by atoms with Crippen molar-refractivity contribution >= 4 is 40.3 Å². The molecule has 3 aliphatic rings. The van der Waals surface area contributed by atoms with Crippen LogP contribution < -0.4 is 25.0 Å². The molecule has 2 aromatic carbocycles. The zero-order chi connectivity index (χ0) is 32.8. The van der Waals surface area contributed by atoms with Crippen molar-refractivity contribution in [3.8, 4) is 22.8 Å². The molecule has 14 heteroatoms. The molecule has 246 valence electrons. The molecule has 1 aliphatic carbocycles. The first-order chi connectivity index (χ1) is 23.5. The summed E-state index contributed by atoms with van der Waals surface area (Å²) in [5.41, 5.74) is 5.04. The molecule has 1 saturated carbocycles. The quantitative estimate of drug-likeness (QED) is 0.208. The van der Waals surface area contributed by atoms with E-state index in [0.29, 0.717) is 77.8 Å². The van der Waals surface area contributed by atoms with Crippen LogP contribution in [0.25, 0.3) is 16.9 Å². The third-order valence-electron chi connectivity index (χ3n) is 8.51. The number of pyridine rings is 1. The van der Waals surface area contributed by atoms with Crippen LogP contribution in [0.2, 0.25) is 5.02 Å². The van der Waals surface area contributed by atoms with Crippen molar-refractivity contribution in [2.24, 2.45) is 0 Å². The molecular formula is C34H31ClFN7O5. The van der Waals surface area contributed by atoms with E-state index < -0.39 is 24.4 Å². The van der Waals surface area contributed by atoms with Gasteiger partial charge in [-0.25, -0.2) is 13.9 Å². The fourth-order valence-electron chi connectivity index (χ4n) is 5.87. The molecule has 5 aromatic rings. The minimum Gasteiger partial charge on any atom is -0.497 e. The molecule has 2 fully saturated rings. The number of amides is 1. The highest BCUT2D eigenvalue weighted by Gasteiger charge is 2.39. The summed E-state index contributed by atoms with van der Waals surface area (Å²) < 4.78 is 37.9. The SMILES string of the molecule is COc1ccc(CN2CCOc3c(Nc4cccc(-c5ccc(C6OCCO6)cn5)c4Cl)nn4c(C(=O)N[C@@H]5C[C@@H]5F)cnc4c32)cc1. The number of imidazole rings is 1. The molecule has 0 unspecified atom stereocenters. The first-order valence-electron chi connectivity index (χ1n) is 15.6. The number of aromatic nitrogens is 4.